The standard InChI is InChI=1S/C4H9NO3.K/c6-3-5-2-1-4(7)8;/h5-6H,1-3H2,(H,7,8);/q;+1/p-1. The van der Waals surface area contributed by atoms with Crippen molar-refractivity contribution in [3.05, 3.63) is 0 Å². The number of hydrogen-bond acceptors (Lipinski definition) is 4. The quantitative estimate of drug-likeness (QED) is 0.243. The Labute approximate surface area is 96.1 Å². The number of hydrogen-bond donors (Lipinski definition) is 2. The first-order valence-electron chi connectivity index (χ1n) is 2.29. The molecule has 9 heavy (non-hydrogen) atoms. The third kappa shape index (κ3) is 12.3. The van der Waals surface area contributed by atoms with Crippen LogP contribution in [0.1, 0.15) is 6.42 Å². The zero-order chi connectivity index (χ0) is 6.41. The molecule has 0 rings (SSSR count). The van der Waals surface area contributed by atoms with E-state index < -0.39 is 5.97 Å². The van der Waals surface area contributed by atoms with Crippen molar-refractivity contribution in [1.82, 2.24) is 5.32 Å². The Morgan fingerprint density at radius 2 is 2.22 bits per heavy atom. The Morgan fingerprint density at radius 3 is 2.56 bits per heavy atom. The molecule has 0 radical (unpaired) electrons. The Balaban J connectivity index is 0. The molecule has 0 bridgehead atoms. The van der Waals surface area contributed by atoms with E-state index >= 15 is 0 Å². The smallest absolute Gasteiger partial charge is 0.550 e. The Kier molecular flexibility index (Phi) is 12.7. The Morgan fingerprint density at radius 1 is 1.67 bits per heavy atom. The van der Waals surface area contributed by atoms with Gasteiger partial charge in [-0.15, -0.1) is 0 Å². The second kappa shape index (κ2) is 9.03. The third-order valence-corrected chi connectivity index (χ3v) is 0.618. The van der Waals surface area contributed by atoms with Crippen LogP contribution in [-0.2, 0) is 4.79 Å². The minimum absolute atomic E-state index is 0. The Bertz CT molecular complexity index is 78.2. The van der Waals surface area contributed by atoms with E-state index in [0.717, 1.165) is 0 Å². The Hall–Kier alpha value is 1.03. The normalized spacial score (nSPS) is 8.11. The van der Waals surface area contributed by atoms with Crippen LogP contribution in [0.2, 0.25) is 0 Å². The maximum Gasteiger partial charge on any atom is 1.00 e. The summed E-state index contributed by atoms with van der Waals surface area (Å²) in [5.41, 5.74) is 0. The minimum atomic E-state index is -1.11. The predicted molar refractivity (Wildman–Crippen MR) is 24.7 cm³/mol. The summed E-state index contributed by atoms with van der Waals surface area (Å²) in [5, 5.41) is 20.1. The molecule has 0 aromatic heterocycles. The molecule has 0 heterocycles. The molecular formula is C4H8KNO3. The molecule has 0 fully saturated rings. The van der Waals surface area contributed by atoms with E-state index in [4.69, 9.17) is 5.11 Å². The van der Waals surface area contributed by atoms with Crippen LogP contribution in [0.3, 0.4) is 0 Å². The molecule has 0 aliphatic heterocycles. The number of aliphatic hydroxyl groups excluding tert-OH is 1. The van der Waals surface area contributed by atoms with Crippen LogP contribution in [0, 0.1) is 0 Å². The van der Waals surface area contributed by atoms with Crippen molar-refractivity contribution in [3.63, 3.8) is 0 Å². The largest absolute Gasteiger partial charge is 1.00 e. The molecule has 0 aliphatic carbocycles. The molecule has 0 aliphatic rings. The monoisotopic (exact) mass is 157 g/mol. The maximum absolute atomic E-state index is 9.64. The average molecular weight is 157 g/mol. The fourth-order valence-electron chi connectivity index (χ4n) is 0.270. The molecule has 48 valence electrons. The third-order valence-electron chi connectivity index (χ3n) is 0.618. The number of carbonyl (C=O) groups is 1. The summed E-state index contributed by atoms with van der Waals surface area (Å²) in [6.07, 6.45) is -0.0550. The molecular weight excluding hydrogens is 149 g/mol. The van der Waals surface area contributed by atoms with Crippen LogP contribution in [0.15, 0.2) is 0 Å². The number of nitrogens with one attached hydrogen (secondary N) is 1. The summed E-state index contributed by atoms with van der Waals surface area (Å²) in [5.74, 6) is -1.11. The van der Waals surface area contributed by atoms with Crippen molar-refractivity contribution in [1.29, 1.82) is 0 Å². The summed E-state index contributed by atoms with van der Waals surface area (Å²) in [6, 6.07) is 0. The molecule has 0 saturated carbocycles. The van der Waals surface area contributed by atoms with Gasteiger partial charge in [0.05, 0.1) is 6.73 Å². The number of carboxylic acids is 1. The summed E-state index contributed by atoms with van der Waals surface area (Å²) >= 11 is 0. The molecule has 2 N–H and O–H groups in total. The summed E-state index contributed by atoms with van der Waals surface area (Å²) in [7, 11) is 0. The van der Waals surface area contributed by atoms with Crippen molar-refractivity contribution >= 4 is 5.97 Å². The van der Waals surface area contributed by atoms with Gasteiger partial charge in [-0.05, 0) is 6.42 Å². The van der Waals surface area contributed by atoms with Gasteiger partial charge >= 0.3 is 51.4 Å². The number of rotatable bonds is 4. The number of carbonyl (C=O) groups excluding carboxylic acids is 1. The first-order chi connectivity index (χ1) is 3.77. The average Bonchev–Trinajstić information content (AvgIpc) is 1.66. The van der Waals surface area contributed by atoms with Gasteiger partial charge in [0.15, 0.2) is 0 Å². The van der Waals surface area contributed by atoms with E-state index in [0.29, 0.717) is 0 Å². The molecule has 0 amide bonds. The molecule has 0 saturated heterocycles. The molecule has 5 heteroatoms. The zero-order valence-corrected chi connectivity index (χ0v) is 8.51. The second-order valence-corrected chi connectivity index (χ2v) is 1.28. The van der Waals surface area contributed by atoms with E-state index in [1.54, 1.807) is 0 Å². The van der Waals surface area contributed by atoms with E-state index in [-0.39, 0.29) is 71.1 Å². The van der Waals surface area contributed by atoms with E-state index in [2.05, 4.69) is 5.32 Å². The van der Waals surface area contributed by atoms with Gasteiger partial charge in [0, 0.05) is 12.5 Å². The van der Waals surface area contributed by atoms with Crippen molar-refractivity contribution < 1.29 is 66.4 Å². The van der Waals surface area contributed by atoms with Gasteiger partial charge in [-0.3, -0.25) is 5.32 Å². The fraction of sp³-hybridized carbons (Fsp3) is 0.750. The minimum Gasteiger partial charge on any atom is -0.550 e. The number of aliphatic carboxylic acids is 1. The van der Waals surface area contributed by atoms with E-state index in [9.17, 15) is 9.90 Å². The van der Waals surface area contributed by atoms with Crippen molar-refractivity contribution in [3.8, 4) is 0 Å². The van der Waals surface area contributed by atoms with Crippen LogP contribution < -0.4 is 61.8 Å². The van der Waals surface area contributed by atoms with E-state index in [1.807, 2.05) is 0 Å². The summed E-state index contributed by atoms with van der Waals surface area (Å²) < 4.78 is 0. The number of aliphatic hydroxyl groups is 1. The molecule has 0 aromatic rings. The van der Waals surface area contributed by atoms with Gasteiger partial charge in [-0.25, -0.2) is 0 Å². The molecule has 0 spiro atoms. The SMILES string of the molecule is O=C([O-])CCNCO.[K+]. The van der Waals surface area contributed by atoms with Crippen LogP contribution in [0.25, 0.3) is 0 Å². The van der Waals surface area contributed by atoms with Gasteiger partial charge in [0.25, 0.3) is 0 Å². The predicted octanol–water partition coefficient (Wildman–Crippen LogP) is -5.33. The van der Waals surface area contributed by atoms with Gasteiger partial charge in [0.1, 0.15) is 0 Å². The molecule has 0 unspecified atom stereocenters. The second-order valence-electron chi connectivity index (χ2n) is 1.28. The van der Waals surface area contributed by atoms with Crippen molar-refractivity contribution in [2.45, 2.75) is 6.42 Å². The maximum atomic E-state index is 9.64. The first-order valence-corrected chi connectivity index (χ1v) is 2.29. The summed E-state index contributed by atoms with van der Waals surface area (Å²) in [4.78, 5) is 9.64. The van der Waals surface area contributed by atoms with E-state index in [1.165, 1.54) is 0 Å². The number of carboxylic acid groups (broad SMARTS) is 1. The van der Waals surface area contributed by atoms with Crippen LogP contribution in [-0.4, -0.2) is 24.4 Å². The van der Waals surface area contributed by atoms with Crippen LogP contribution >= 0.6 is 0 Å². The van der Waals surface area contributed by atoms with Crippen LogP contribution in [0.5, 0.6) is 0 Å². The van der Waals surface area contributed by atoms with Gasteiger partial charge < -0.3 is 15.0 Å². The van der Waals surface area contributed by atoms with Gasteiger partial charge in [0.2, 0.25) is 0 Å². The molecule has 0 aromatic carbocycles. The fourth-order valence-corrected chi connectivity index (χ4v) is 0.270. The molecule has 4 nitrogen and oxygen atoms in total. The first kappa shape index (κ1) is 12.7. The summed E-state index contributed by atoms with van der Waals surface area (Å²) in [6.45, 7) is 0.0755. The molecule has 0 atom stereocenters. The van der Waals surface area contributed by atoms with Crippen LogP contribution in [0.4, 0.5) is 0 Å². The van der Waals surface area contributed by atoms with Gasteiger partial charge in [-0.1, -0.05) is 0 Å². The van der Waals surface area contributed by atoms with Crippen molar-refractivity contribution in [2.75, 3.05) is 13.3 Å². The topological polar surface area (TPSA) is 72.4 Å². The van der Waals surface area contributed by atoms with Gasteiger partial charge in [-0.2, -0.15) is 0 Å². The van der Waals surface area contributed by atoms with Crippen molar-refractivity contribution in [2.24, 2.45) is 0 Å². The zero-order valence-electron chi connectivity index (χ0n) is 5.39.